The van der Waals surface area contributed by atoms with E-state index >= 15 is 0 Å². The smallest absolute Gasteiger partial charge is 0.331 e. The maximum atomic E-state index is 11.6. The van der Waals surface area contributed by atoms with Crippen molar-refractivity contribution in [3.05, 3.63) is 48.8 Å². The fraction of sp³-hybridized carbons (Fsp3) is 0.0769. The lowest BCUT2D eigenvalue weighted by molar-refractivity contribution is -0.384. The molecule has 1 aromatic rings. The number of ether oxygens (including phenoxy) is 1. The van der Waals surface area contributed by atoms with Crippen molar-refractivity contribution < 1.29 is 19.2 Å². The molecule has 9 nitrogen and oxygen atoms in total. The fourth-order valence-corrected chi connectivity index (χ4v) is 2.87. The standard InChI is InChI=1S/C13H8Cl2N4O5S/c1-24-10(20)4-9-12(21)17-13(25-9)18-16-5-6-7(14)2-3-8(11(6)15)19(22)23/h2-5H,1H3,(H,17,18,21)/b9-4+,16-5?. The van der Waals surface area contributed by atoms with Crippen LogP contribution in [0.15, 0.2) is 33.3 Å². The van der Waals surface area contributed by atoms with E-state index in [0.29, 0.717) is 0 Å². The Morgan fingerprint density at radius 1 is 1.44 bits per heavy atom. The maximum Gasteiger partial charge on any atom is 0.331 e. The number of nitrogens with zero attached hydrogens (tertiary/aromatic N) is 3. The number of nitro benzene ring substituents is 1. The molecule has 1 aliphatic rings. The second-order valence-electron chi connectivity index (χ2n) is 4.29. The van der Waals surface area contributed by atoms with Gasteiger partial charge < -0.3 is 4.74 Å². The van der Waals surface area contributed by atoms with Crippen molar-refractivity contribution in [2.24, 2.45) is 10.2 Å². The van der Waals surface area contributed by atoms with Crippen molar-refractivity contribution in [1.82, 2.24) is 5.32 Å². The van der Waals surface area contributed by atoms with Gasteiger partial charge in [-0.2, -0.15) is 5.10 Å². The van der Waals surface area contributed by atoms with Crippen LogP contribution in [0.5, 0.6) is 0 Å². The summed E-state index contributed by atoms with van der Waals surface area (Å²) < 4.78 is 4.43. The van der Waals surface area contributed by atoms with Crippen molar-refractivity contribution in [2.45, 2.75) is 0 Å². The van der Waals surface area contributed by atoms with Gasteiger partial charge in [0.25, 0.3) is 11.6 Å². The molecule has 0 bridgehead atoms. The molecule has 1 saturated heterocycles. The van der Waals surface area contributed by atoms with E-state index in [-0.39, 0.29) is 31.4 Å². The summed E-state index contributed by atoms with van der Waals surface area (Å²) in [4.78, 5) is 33.1. The van der Waals surface area contributed by atoms with Gasteiger partial charge in [0.15, 0.2) is 5.17 Å². The molecule has 130 valence electrons. The van der Waals surface area contributed by atoms with E-state index in [4.69, 9.17) is 23.2 Å². The topological polar surface area (TPSA) is 123 Å². The number of methoxy groups -OCH3 is 1. The van der Waals surface area contributed by atoms with Gasteiger partial charge in [0, 0.05) is 17.7 Å². The van der Waals surface area contributed by atoms with Gasteiger partial charge in [-0.1, -0.05) is 23.2 Å². The van der Waals surface area contributed by atoms with Gasteiger partial charge in [0.2, 0.25) is 0 Å². The van der Waals surface area contributed by atoms with Gasteiger partial charge in [0.1, 0.15) is 5.02 Å². The molecule has 1 heterocycles. The lowest BCUT2D eigenvalue weighted by atomic mass is 10.2. The van der Waals surface area contributed by atoms with Gasteiger partial charge >= 0.3 is 5.97 Å². The number of nitrogens with one attached hydrogen (secondary N) is 1. The summed E-state index contributed by atoms with van der Waals surface area (Å²) in [6.07, 6.45) is 2.14. The van der Waals surface area contributed by atoms with E-state index < -0.39 is 16.8 Å². The third kappa shape index (κ3) is 4.56. The average Bonchev–Trinajstić information content (AvgIpc) is 2.89. The summed E-state index contributed by atoms with van der Waals surface area (Å²) in [5.74, 6) is -1.21. The zero-order chi connectivity index (χ0) is 18.6. The Morgan fingerprint density at radius 2 is 2.16 bits per heavy atom. The average molecular weight is 403 g/mol. The van der Waals surface area contributed by atoms with E-state index in [9.17, 15) is 19.7 Å². The Morgan fingerprint density at radius 3 is 2.80 bits per heavy atom. The highest BCUT2D eigenvalue weighted by atomic mass is 35.5. The molecule has 0 aliphatic carbocycles. The van der Waals surface area contributed by atoms with Gasteiger partial charge in [-0.3, -0.25) is 20.2 Å². The minimum atomic E-state index is -0.683. The summed E-state index contributed by atoms with van der Waals surface area (Å²) in [6, 6.07) is 2.48. The zero-order valence-corrected chi connectivity index (χ0v) is 14.7. The first-order chi connectivity index (χ1) is 11.8. The van der Waals surface area contributed by atoms with Gasteiger partial charge in [0.05, 0.1) is 28.2 Å². The first-order valence-corrected chi connectivity index (χ1v) is 7.93. The molecule has 0 atom stereocenters. The first kappa shape index (κ1) is 18.9. The summed E-state index contributed by atoms with van der Waals surface area (Å²) in [5, 5.41) is 20.8. The van der Waals surface area contributed by atoms with Gasteiger partial charge in [-0.15, -0.1) is 5.10 Å². The number of amides is 1. The van der Waals surface area contributed by atoms with Crippen LogP contribution in [-0.2, 0) is 14.3 Å². The molecule has 0 radical (unpaired) electrons. The second kappa shape index (κ2) is 8.10. The maximum absolute atomic E-state index is 11.6. The predicted octanol–water partition coefficient (Wildman–Crippen LogP) is 2.51. The Bertz CT molecular complexity index is 853. The number of benzene rings is 1. The van der Waals surface area contributed by atoms with Crippen LogP contribution < -0.4 is 5.32 Å². The quantitative estimate of drug-likeness (QED) is 0.271. The molecule has 12 heteroatoms. The normalized spacial score (nSPS) is 17.3. The molecule has 2 rings (SSSR count). The molecule has 1 N–H and O–H groups in total. The van der Waals surface area contributed by atoms with Crippen LogP contribution in [0, 0.1) is 10.1 Å². The van der Waals surface area contributed by atoms with Crippen molar-refractivity contribution >= 4 is 63.9 Å². The number of carbonyl (C=O) groups excluding carboxylic acids is 2. The number of rotatable bonds is 4. The Labute approximate surface area is 154 Å². The highest BCUT2D eigenvalue weighted by Gasteiger charge is 2.25. The highest BCUT2D eigenvalue weighted by Crippen LogP contribution is 2.32. The Kier molecular flexibility index (Phi) is 6.12. The number of carbonyl (C=O) groups is 2. The number of esters is 1. The lowest BCUT2D eigenvalue weighted by Gasteiger charge is -2.01. The monoisotopic (exact) mass is 402 g/mol. The molecule has 25 heavy (non-hydrogen) atoms. The molecule has 1 aliphatic heterocycles. The van der Waals surface area contributed by atoms with Crippen molar-refractivity contribution in [1.29, 1.82) is 0 Å². The largest absolute Gasteiger partial charge is 0.466 e. The van der Waals surface area contributed by atoms with E-state index in [1.807, 2.05) is 0 Å². The minimum Gasteiger partial charge on any atom is -0.466 e. The van der Waals surface area contributed by atoms with Crippen LogP contribution >= 0.6 is 35.0 Å². The molecule has 1 aromatic carbocycles. The molecule has 0 aromatic heterocycles. The molecule has 0 spiro atoms. The molecule has 0 saturated carbocycles. The summed E-state index contributed by atoms with van der Waals surface area (Å²) >= 11 is 12.7. The fourth-order valence-electron chi connectivity index (χ4n) is 1.60. The number of thioether (sulfide) groups is 1. The Balaban J connectivity index is 2.22. The number of halogens is 2. The molecular weight excluding hydrogens is 395 g/mol. The van der Waals surface area contributed by atoms with Crippen LogP contribution in [0.25, 0.3) is 0 Å². The molecule has 1 amide bonds. The third-order valence-corrected chi connectivity index (χ3v) is 4.37. The van der Waals surface area contributed by atoms with E-state index in [1.165, 1.54) is 19.2 Å². The van der Waals surface area contributed by atoms with Crippen LogP contribution in [0.1, 0.15) is 5.56 Å². The SMILES string of the molecule is COC(=O)/C=C1/S/C(=N\N=Cc2c(Cl)ccc([N+](=O)[O-])c2Cl)NC1=O. The van der Waals surface area contributed by atoms with E-state index in [2.05, 4.69) is 20.3 Å². The lowest BCUT2D eigenvalue weighted by Crippen LogP contribution is -2.19. The first-order valence-electron chi connectivity index (χ1n) is 6.35. The Hall–Kier alpha value is -2.43. The molecule has 0 unspecified atom stereocenters. The van der Waals surface area contributed by atoms with Crippen LogP contribution in [0.3, 0.4) is 0 Å². The van der Waals surface area contributed by atoms with Gasteiger partial charge in [-0.25, -0.2) is 4.79 Å². The van der Waals surface area contributed by atoms with Crippen LogP contribution in [0.4, 0.5) is 5.69 Å². The van der Waals surface area contributed by atoms with Crippen molar-refractivity contribution in [2.75, 3.05) is 7.11 Å². The van der Waals surface area contributed by atoms with Crippen LogP contribution in [0.2, 0.25) is 10.0 Å². The van der Waals surface area contributed by atoms with Crippen molar-refractivity contribution in [3.63, 3.8) is 0 Å². The van der Waals surface area contributed by atoms with Crippen LogP contribution in [-0.4, -0.2) is 35.3 Å². The summed E-state index contributed by atoms with van der Waals surface area (Å²) in [7, 11) is 1.18. The summed E-state index contributed by atoms with van der Waals surface area (Å²) in [5.41, 5.74) is -0.214. The third-order valence-electron chi connectivity index (χ3n) is 2.74. The zero-order valence-electron chi connectivity index (χ0n) is 12.4. The number of hydrogen-bond acceptors (Lipinski definition) is 8. The highest BCUT2D eigenvalue weighted by molar-refractivity contribution is 8.18. The minimum absolute atomic E-state index is 0.0900. The van der Waals surface area contributed by atoms with Gasteiger partial charge in [-0.05, 0) is 17.8 Å². The number of nitro groups is 1. The predicted molar refractivity (Wildman–Crippen MR) is 94.0 cm³/mol. The van der Waals surface area contributed by atoms with Crippen molar-refractivity contribution in [3.8, 4) is 0 Å². The molecular formula is C13H8Cl2N4O5S. The van der Waals surface area contributed by atoms with E-state index in [1.54, 1.807) is 0 Å². The molecule has 1 fully saturated rings. The summed E-state index contributed by atoms with van der Waals surface area (Å²) in [6.45, 7) is 0. The number of hydrogen-bond donors (Lipinski definition) is 1. The number of amidine groups is 1. The second-order valence-corrected chi connectivity index (χ2v) is 6.10. The van der Waals surface area contributed by atoms with E-state index in [0.717, 1.165) is 24.1 Å².